The van der Waals surface area contributed by atoms with Gasteiger partial charge in [0, 0.05) is 25.5 Å². The first-order chi connectivity index (χ1) is 11.8. The van der Waals surface area contributed by atoms with E-state index in [1.165, 1.54) is 103 Å². The van der Waals surface area contributed by atoms with Gasteiger partial charge in [0.2, 0.25) is 0 Å². The zero-order valence-electron chi connectivity index (χ0n) is 16.9. The van der Waals surface area contributed by atoms with Crippen molar-refractivity contribution in [3.8, 4) is 0 Å². The second-order valence-corrected chi connectivity index (χ2v) is 7.58. The van der Waals surface area contributed by atoms with Crippen LogP contribution >= 0.6 is 0 Å². The van der Waals surface area contributed by atoms with E-state index in [0.717, 1.165) is 0 Å². The summed E-state index contributed by atoms with van der Waals surface area (Å²) in [4.78, 5) is 5.23. The first-order valence-electron chi connectivity index (χ1n) is 11.0. The van der Waals surface area contributed by atoms with Gasteiger partial charge < -0.3 is 9.80 Å². The average molecular weight is 337 g/mol. The topological polar surface area (TPSA) is 6.48 Å². The van der Waals surface area contributed by atoms with Crippen molar-refractivity contribution >= 4 is 0 Å². The lowest BCUT2D eigenvalue weighted by atomic mass is 10.1. The monoisotopic (exact) mass is 336 g/mol. The molecule has 1 aliphatic heterocycles. The number of nitrogens with zero attached hydrogens (tertiary/aromatic N) is 2. The predicted molar refractivity (Wildman–Crippen MR) is 108 cm³/mol. The molecule has 24 heavy (non-hydrogen) atoms. The third-order valence-electron chi connectivity index (χ3n) is 5.32. The van der Waals surface area contributed by atoms with Crippen LogP contribution in [-0.2, 0) is 0 Å². The van der Waals surface area contributed by atoms with E-state index in [9.17, 15) is 0 Å². The summed E-state index contributed by atoms with van der Waals surface area (Å²) in [7, 11) is 0. The fourth-order valence-electron chi connectivity index (χ4n) is 3.69. The van der Waals surface area contributed by atoms with Crippen LogP contribution in [0.5, 0.6) is 0 Å². The van der Waals surface area contributed by atoms with Gasteiger partial charge >= 0.3 is 0 Å². The second-order valence-electron chi connectivity index (χ2n) is 7.58. The van der Waals surface area contributed by atoms with Crippen molar-refractivity contribution in [1.29, 1.82) is 0 Å². The molecule has 0 fully saturated rings. The first kappa shape index (κ1) is 21.4. The Kier molecular flexibility index (Phi) is 13.1. The molecule has 1 atom stereocenters. The van der Waals surface area contributed by atoms with Gasteiger partial charge in [-0.05, 0) is 25.7 Å². The lowest BCUT2D eigenvalue weighted by Gasteiger charge is -2.33. The molecule has 0 spiro atoms. The summed E-state index contributed by atoms with van der Waals surface area (Å²) in [6.07, 6.45) is 24.7. The first-order valence-corrected chi connectivity index (χ1v) is 11.0. The van der Waals surface area contributed by atoms with Crippen molar-refractivity contribution in [1.82, 2.24) is 9.80 Å². The Bertz CT molecular complexity index is 300. The second kappa shape index (κ2) is 14.7. The number of rotatable bonds is 16. The Hall–Kier alpha value is -0.660. The Morgan fingerprint density at radius 1 is 0.542 bits per heavy atom. The zero-order valence-corrected chi connectivity index (χ0v) is 16.9. The predicted octanol–water partition coefficient (Wildman–Crippen LogP) is 6.92. The smallest absolute Gasteiger partial charge is 0.101 e. The lowest BCUT2D eigenvalue weighted by Crippen LogP contribution is -2.39. The van der Waals surface area contributed by atoms with Crippen LogP contribution in [0, 0.1) is 0 Å². The molecule has 0 aromatic carbocycles. The Morgan fingerprint density at radius 2 is 1.00 bits per heavy atom. The summed E-state index contributed by atoms with van der Waals surface area (Å²) < 4.78 is 0. The van der Waals surface area contributed by atoms with Crippen LogP contribution in [0.15, 0.2) is 12.4 Å². The van der Waals surface area contributed by atoms with Crippen LogP contribution in [0.2, 0.25) is 0 Å². The van der Waals surface area contributed by atoms with Gasteiger partial charge in [-0.1, -0.05) is 85.0 Å². The quantitative estimate of drug-likeness (QED) is 0.282. The third-order valence-corrected chi connectivity index (χ3v) is 5.32. The van der Waals surface area contributed by atoms with Crippen LogP contribution in [0.25, 0.3) is 0 Å². The van der Waals surface area contributed by atoms with E-state index >= 15 is 0 Å². The minimum Gasteiger partial charge on any atom is -0.356 e. The largest absolute Gasteiger partial charge is 0.356 e. The molecule has 0 N–H and O–H groups in total. The van der Waals surface area contributed by atoms with E-state index in [-0.39, 0.29) is 0 Å². The molecule has 0 amide bonds. The molecule has 0 aromatic heterocycles. The van der Waals surface area contributed by atoms with Gasteiger partial charge in [-0.15, -0.1) is 0 Å². The SMILES string of the molecule is CCCCCCCCCCC1N(CCCC)C=CN1CCCCC. The van der Waals surface area contributed by atoms with Gasteiger partial charge in [-0.25, -0.2) is 0 Å². The van der Waals surface area contributed by atoms with Gasteiger partial charge in [0.1, 0.15) is 6.17 Å². The summed E-state index contributed by atoms with van der Waals surface area (Å²) in [6.45, 7) is 9.37. The molecule has 0 bridgehead atoms. The normalized spacial score (nSPS) is 17.2. The molecule has 1 rings (SSSR count). The fourth-order valence-corrected chi connectivity index (χ4v) is 3.69. The lowest BCUT2D eigenvalue weighted by molar-refractivity contribution is 0.136. The maximum Gasteiger partial charge on any atom is 0.101 e. The molecule has 0 saturated carbocycles. The minimum absolute atomic E-state index is 0.647. The average Bonchev–Trinajstić information content (AvgIpc) is 2.97. The van der Waals surface area contributed by atoms with Crippen molar-refractivity contribution in [3.05, 3.63) is 12.4 Å². The van der Waals surface area contributed by atoms with Gasteiger partial charge in [0.25, 0.3) is 0 Å². The highest BCUT2D eigenvalue weighted by Crippen LogP contribution is 2.23. The molecule has 2 heteroatoms. The van der Waals surface area contributed by atoms with E-state index in [1.54, 1.807) is 0 Å². The summed E-state index contributed by atoms with van der Waals surface area (Å²) in [5.41, 5.74) is 0. The molecule has 0 aliphatic carbocycles. The van der Waals surface area contributed by atoms with Gasteiger partial charge in [0.15, 0.2) is 0 Å². The summed E-state index contributed by atoms with van der Waals surface area (Å²) >= 11 is 0. The zero-order chi connectivity index (χ0) is 17.5. The molecular weight excluding hydrogens is 292 g/mol. The van der Waals surface area contributed by atoms with Crippen molar-refractivity contribution < 1.29 is 0 Å². The van der Waals surface area contributed by atoms with Gasteiger partial charge in [0.05, 0.1) is 0 Å². The Balaban J connectivity index is 2.24. The molecule has 0 radical (unpaired) electrons. The number of unbranched alkanes of at least 4 members (excludes halogenated alkanes) is 10. The molecule has 1 aliphatic rings. The molecule has 0 aromatic rings. The van der Waals surface area contributed by atoms with E-state index in [1.807, 2.05) is 0 Å². The highest BCUT2D eigenvalue weighted by atomic mass is 15.4. The van der Waals surface area contributed by atoms with Crippen LogP contribution in [-0.4, -0.2) is 29.1 Å². The third kappa shape index (κ3) is 8.99. The van der Waals surface area contributed by atoms with Gasteiger partial charge in [-0.3, -0.25) is 0 Å². The maximum atomic E-state index is 2.62. The Labute approximate surface area is 152 Å². The Morgan fingerprint density at radius 3 is 1.58 bits per heavy atom. The summed E-state index contributed by atoms with van der Waals surface area (Å²) in [5.74, 6) is 0. The van der Waals surface area contributed by atoms with Crippen molar-refractivity contribution in [2.45, 2.75) is 117 Å². The van der Waals surface area contributed by atoms with E-state index in [4.69, 9.17) is 0 Å². The molecule has 142 valence electrons. The van der Waals surface area contributed by atoms with Crippen LogP contribution in [0.4, 0.5) is 0 Å². The molecular formula is C22H44N2. The molecule has 1 unspecified atom stereocenters. The highest BCUT2D eigenvalue weighted by molar-refractivity contribution is 4.96. The summed E-state index contributed by atoms with van der Waals surface area (Å²) in [6, 6.07) is 0. The van der Waals surface area contributed by atoms with Gasteiger partial charge in [-0.2, -0.15) is 0 Å². The minimum atomic E-state index is 0.647. The van der Waals surface area contributed by atoms with Crippen molar-refractivity contribution in [2.24, 2.45) is 0 Å². The van der Waals surface area contributed by atoms with Crippen LogP contribution in [0.1, 0.15) is 111 Å². The van der Waals surface area contributed by atoms with E-state index < -0.39 is 0 Å². The van der Waals surface area contributed by atoms with Crippen molar-refractivity contribution in [2.75, 3.05) is 13.1 Å². The number of hydrogen-bond acceptors (Lipinski definition) is 2. The molecule has 1 heterocycles. The summed E-state index contributed by atoms with van der Waals surface area (Å²) in [5, 5.41) is 0. The number of hydrogen-bond donors (Lipinski definition) is 0. The molecule has 2 nitrogen and oxygen atoms in total. The van der Waals surface area contributed by atoms with E-state index in [2.05, 4.69) is 43.0 Å². The fraction of sp³-hybridized carbons (Fsp3) is 0.909. The van der Waals surface area contributed by atoms with E-state index in [0.29, 0.717) is 6.17 Å². The highest BCUT2D eigenvalue weighted by Gasteiger charge is 2.24. The standard InChI is InChI=1S/C22H44N2/c1-4-7-10-11-12-13-14-15-17-22-23(18-9-6-3)20-21-24(22)19-16-8-5-2/h20-22H,4-19H2,1-3H3. The maximum absolute atomic E-state index is 2.62. The van der Waals surface area contributed by atoms with Crippen LogP contribution in [0.3, 0.4) is 0 Å². The molecule has 0 saturated heterocycles. The van der Waals surface area contributed by atoms with Crippen molar-refractivity contribution in [3.63, 3.8) is 0 Å². The van der Waals surface area contributed by atoms with Crippen LogP contribution < -0.4 is 0 Å².